The fourth-order valence-electron chi connectivity index (χ4n) is 2.82. The number of esters is 1. The molecule has 1 atom stereocenters. The van der Waals surface area contributed by atoms with Crippen LogP contribution in [0, 0.1) is 13.8 Å². The lowest BCUT2D eigenvalue weighted by Gasteiger charge is -2.22. The Hall–Kier alpha value is -1.82. The van der Waals surface area contributed by atoms with Crippen molar-refractivity contribution in [3.8, 4) is 0 Å². The minimum Gasteiger partial charge on any atom is -0.465 e. The Morgan fingerprint density at radius 1 is 1.27 bits per heavy atom. The summed E-state index contributed by atoms with van der Waals surface area (Å²) in [5.41, 5.74) is 3.00. The molecule has 1 aromatic carbocycles. The molecule has 0 saturated carbocycles. The van der Waals surface area contributed by atoms with E-state index in [-0.39, 0.29) is 16.3 Å². The summed E-state index contributed by atoms with van der Waals surface area (Å²) < 4.78 is 4.73. The maximum Gasteiger partial charge on any atom is 0.337 e. The highest BCUT2D eigenvalue weighted by atomic mass is 32.2. The van der Waals surface area contributed by atoms with Crippen LogP contribution in [0.2, 0.25) is 0 Å². The highest BCUT2D eigenvalue weighted by Crippen LogP contribution is 2.33. The van der Waals surface area contributed by atoms with Gasteiger partial charge in [-0.15, -0.1) is 0 Å². The smallest absolute Gasteiger partial charge is 0.337 e. The third-order valence-electron chi connectivity index (χ3n) is 3.60. The number of aryl methyl sites for hydroxylation is 2. The van der Waals surface area contributed by atoms with Gasteiger partial charge in [-0.3, -0.25) is 9.59 Å². The number of rotatable bonds is 3. The van der Waals surface area contributed by atoms with Gasteiger partial charge in [-0.05, 0) is 37.1 Å². The minimum absolute atomic E-state index is 0.00997. The molecule has 1 saturated heterocycles. The van der Waals surface area contributed by atoms with Gasteiger partial charge in [-0.25, -0.2) is 4.79 Å². The summed E-state index contributed by atoms with van der Waals surface area (Å²) in [6.45, 7) is 5.77. The summed E-state index contributed by atoms with van der Waals surface area (Å²) in [5, 5.41) is 0.0122. The molecule has 0 radical (unpaired) electrons. The number of carbonyl (C=O) groups is 3. The van der Waals surface area contributed by atoms with Crippen molar-refractivity contribution in [2.45, 2.75) is 32.4 Å². The van der Waals surface area contributed by atoms with Gasteiger partial charge in [0.2, 0.25) is 5.91 Å². The first-order valence-electron chi connectivity index (χ1n) is 7.00. The SMILES string of the molecule is COC(=O)c1cc(C)c(N2CC(SC(C)=O)CC2=O)c(C)c1. The number of hydrogen-bond donors (Lipinski definition) is 0. The molecule has 0 aliphatic carbocycles. The lowest BCUT2D eigenvalue weighted by molar-refractivity contribution is -0.117. The molecule has 1 aliphatic rings. The molecule has 1 unspecified atom stereocenters. The first kappa shape index (κ1) is 16.5. The number of thioether (sulfide) groups is 1. The van der Waals surface area contributed by atoms with Gasteiger partial charge in [-0.2, -0.15) is 0 Å². The maximum atomic E-state index is 12.3. The molecule has 22 heavy (non-hydrogen) atoms. The van der Waals surface area contributed by atoms with E-state index < -0.39 is 5.97 Å². The van der Waals surface area contributed by atoms with Gasteiger partial charge >= 0.3 is 5.97 Å². The van der Waals surface area contributed by atoms with E-state index in [9.17, 15) is 14.4 Å². The van der Waals surface area contributed by atoms with Crippen molar-refractivity contribution < 1.29 is 19.1 Å². The molecular weight excluding hydrogens is 302 g/mol. The van der Waals surface area contributed by atoms with Crippen molar-refractivity contribution in [1.82, 2.24) is 0 Å². The summed E-state index contributed by atoms with van der Waals surface area (Å²) in [5.74, 6) is -0.383. The lowest BCUT2D eigenvalue weighted by Crippen LogP contribution is -2.27. The molecule has 118 valence electrons. The van der Waals surface area contributed by atoms with E-state index in [0.717, 1.165) is 16.8 Å². The Bertz CT molecular complexity index is 618. The fourth-order valence-corrected chi connectivity index (χ4v) is 3.74. The van der Waals surface area contributed by atoms with Crippen molar-refractivity contribution in [3.63, 3.8) is 0 Å². The van der Waals surface area contributed by atoms with Gasteiger partial charge in [0.1, 0.15) is 0 Å². The number of anilines is 1. The molecule has 0 spiro atoms. The summed E-state index contributed by atoms with van der Waals surface area (Å²) in [7, 11) is 1.34. The second-order valence-corrected chi connectivity index (χ2v) is 6.87. The second-order valence-electron chi connectivity index (χ2n) is 5.39. The van der Waals surface area contributed by atoms with Gasteiger partial charge in [0, 0.05) is 30.8 Å². The Kier molecular flexibility index (Phi) is 4.90. The topological polar surface area (TPSA) is 63.7 Å². The molecular formula is C16H19NO4S. The van der Waals surface area contributed by atoms with Gasteiger partial charge in [0.15, 0.2) is 5.12 Å². The molecule has 0 N–H and O–H groups in total. The van der Waals surface area contributed by atoms with E-state index >= 15 is 0 Å². The Labute approximate surface area is 134 Å². The van der Waals surface area contributed by atoms with Gasteiger partial charge < -0.3 is 9.64 Å². The number of nitrogens with zero attached hydrogens (tertiary/aromatic N) is 1. The van der Waals surface area contributed by atoms with Crippen molar-refractivity contribution in [2.75, 3.05) is 18.6 Å². The van der Waals surface area contributed by atoms with Crippen LogP contribution in [-0.4, -0.2) is 35.9 Å². The number of benzene rings is 1. The average Bonchev–Trinajstić information content (AvgIpc) is 2.76. The van der Waals surface area contributed by atoms with Crippen molar-refractivity contribution >= 4 is 34.4 Å². The third-order valence-corrected chi connectivity index (χ3v) is 4.59. The van der Waals surface area contributed by atoms with Crippen LogP contribution in [0.25, 0.3) is 0 Å². The number of ether oxygens (including phenoxy) is 1. The largest absolute Gasteiger partial charge is 0.465 e. The number of carbonyl (C=O) groups excluding carboxylic acids is 3. The minimum atomic E-state index is -0.393. The number of methoxy groups -OCH3 is 1. The summed E-state index contributed by atoms with van der Waals surface area (Å²) in [6, 6.07) is 3.46. The van der Waals surface area contributed by atoms with E-state index in [1.807, 2.05) is 13.8 Å². The van der Waals surface area contributed by atoms with Gasteiger partial charge in [0.25, 0.3) is 0 Å². The number of hydrogen-bond acceptors (Lipinski definition) is 5. The van der Waals surface area contributed by atoms with Gasteiger partial charge in [-0.1, -0.05) is 11.8 Å². The zero-order valence-electron chi connectivity index (χ0n) is 13.1. The van der Waals surface area contributed by atoms with Crippen LogP contribution in [0.15, 0.2) is 12.1 Å². The van der Waals surface area contributed by atoms with E-state index in [0.29, 0.717) is 18.5 Å². The molecule has 1 amide bonds. The van der Waals surface area contributed by atoms with Crippen LogP contribution in [0.1, 0.15) is 34.8 Å². The quantitative estimate of drug-likeness (QED) is 0.800. The van der Waals surface area contributed by atoms with Gasteiger partial charge in [0.05, 0.1) is 12.7 Å². The zero-order chi connectivity index (χ0) is 16.4. The normalized spacial score (nSPS) is 17.7. The Balaban J connectivity index is 2.31. The standard InChI is InChI=1S/C16H19NO4S/c1-9-5-12(16(20)21-4)6-10(2)15(9)17-8-13(7-14(17)19)22-11(3)18/h5-6,13H,7-8H2,1-4H3. The van der Waals surface area contributed by atoms with Crippen LogP contribution in [-0.2, 0) is 14.3 Å². The molecule has 2 rings (SSSR count). The Morgan fingerprint density at radius 3 is 2.36 bits per heavy atom. The van der Waals surface area contributed by atoms with E-state index in [4.69, 9.17) is 4.74 Å². The van der Waals surface area contributed by atoms with Crippen molar-refractivity contribution in [1.29, 1.82) is 0 Å². The van der Waals surface area contributed by atoms with Crippen LogP contribution >= 0.6 is 11.8 Å². The molecule has 1 aliphatic heterocycles. The first-order valence-corrected chi connectivity index (χ1v) is 7.88. The first-order chi connectivity index (χ1) is 10.3. The summed E-state index contributed by atoms with van der Waals surface area (Å²) >= 11 is 1.21. The van der Waals surface area contributed by atoms with Crippen LogP contribution in [0.5, 0.6) is 0 Å². The fraction of sp³-hybridized carbons (Fsp3) is 0.438. The molecule has 6 heteroatoms. The number of amides is 1. The van der Waals surface area contributed by atoms with Crippen LogP contribution < -0.4 is 4.90 Å². The molecule has 1 aromatic rings. The molecule has 0 bridgehead atoms. The van der Waals surface area contributed by atoms with Crippen molar-refractivity contribution in [3.05, 3.63) is 28.8 Å². The maximum absolute atomic E-state index is 12.3. The van der Waals surface area contributed by atoms with Crippen LogP contribution in [0.4, 0.5) is 5.69 Å². The second kappa shape index (κ2) is 6.52. The van der Waals surface area contributed by atoms with E-state index in [1.165, 1.54) is 25.8 Å². The average molecular weight is 321 g/mol. The molecule has 1 heterocycles. The summed E-state index contributed by atoms with van der Waals surface area (Å²) in [4.78, 5) is 36.8. The predicted molar refractivity (Wildman–Crippen MR) is 86.3 cm³/mol. The molecule has 1 fully saturated rings. The zero-order valence-corrected chi connectivity index (χ0v) is 14.0. The summed E-state index contributed by atoms with van der Waals surface area (Å²) in [6.07, 6.45) is 0.363. The van der Waals surface area contributed by atoms with Crippen molar-refractivity contribution in [2.24, 2.45) is 0 Å². The lowest BCUT2D eigenvalue weighted by atomic mass is 10.0. The predicted octanol–water partition coefficient (Wildman–Crippen LogP) is 2.48. The van der Waals surface area contributed by atoms with Crippen LogP contribution in [0.3, 0.4) is 0 Å². The van der Waals surface area contributed by atoms with E-state index in [2.05, 4.69) is 0 Å². The molecule has 0 aromatic heterocycles. The monoisotopic (exact) mass is 321 g/mol. The third kappa shape index (κ3) is 3.32. The highest BCUT2D eigenvalue weighted by Gasteiger charge is 2.33. The molecule has 5 nitrogen and oxygen atoms in total. The Morgan fingerprint density at radius 2 is 1.86 bits per heavy atom. The highest BCUT2D eigenvalue weighted by molar-refractivity contribution is 8.14. The van der Waals surface area contributed by atoms with E-state index in [1.54, 1.807) is 17.0 Å².